The molecule has 1 saturated heterocycles. The Bertz CT molecular complexity index is 729. The van der Waals surface area contributed by atoms with E-state index in [0.717, 1.165) is 44.4 Å². The van der Waals surface area contributed by atoms with E-state index in [-0.39, 0.29) is 11.9 Å². The van der Waals surface area contributed by atoms with Crippen molar-refractivity contribution in [3.05, 3.63) is 58.0 Å². The topological polar surface area (TPSA) is 48.9 Å². The van der Waals surface area contributed by atoms with Crippen LogP contribution in [0.15, 0.2) is 46.1 Å². The standard InChI is InChI=1S/C21H29FN4OS/c1-16(18-7-12-28-15-18)13-24-21(23-2)25-14-20(26-8-10-27-11-9-26)17-3-5-19(22)6-4-17/h3-7,12,15-16,20H,8-11,13-14H2,1-2H3,(H2,23,24,25). The lowest BCUT2D eigenvalue weighted by Gasteiger charge is -2.35. The Balaban J connectivity index is 1.60. The molecule has 0 bridgehead atoms. The summed E-state index contributed by atoms with van der Waals surface area (Å²) in [5, 5.41) is 11.2. The summed E-state index contributed by atoms with van der Waals surface area (Å²) in [6, 6.07) is 9.09. The predicted octanol–water partition coefficient (Wildman–Crippen LogP) is 3.23. The minimum Gasteiger partial charge on any atom is -0.379 e. The van der Waals surface area contributed by atoms with Crippen LogP contribution < -0.4 is 10.6 Å². The fourth-order valence-electron chi connectivity index (χ4n) is 3.37. The van der Waals surface area contributed by atoms with E-state index in [1.54, 1.807) is 18.4 Å². The van der Waals surface area contributed by atoms with Crippen molar-refractivity contribution < 1.29 is 9.13 Å². The summed E-state index contributed by atoms with van der Waals surface area (Å²) < 4.78 is 18.9. The largest absolute Gasteiger partial charge is 0.379 e. The van der Waals surface area contributed by atoms with E-state index >= 15 is 0 Å². The molecule has 1 aliphatic heterocycles. The average Bonchev–Trinajstić information content (AvgIpc) is 3.27. The molecule has 1 aromatic heterocycles. The Labute approximate surface area is 170 Å². The van der Waals surface area contributed by atoms with Gasteiger partial charge in [-0.15, -0.1) is 0 Å². The van der Waals surface area contributed by atoms with Gasteiger partial charge in [-0.3, -0.25) is 9.89 Å². The Morgan fingerprint density at radius 2 is 1.86 bits per heavy atom. The SMILES string of the molecule is CN=C(NCC(C)c1ccsc1)NCC(c1ccc(F)cc1)N1CCOCC1. The summed E-state index contributed by atoms with van der Waals surface area (Å²) in [5.74, 6) is 0.983. The third-order valence-corrected chi connectivity index (χ3v) is 5.82. The highest BCUT2D eigenvalue weighted by atomic mass is 32.1. The molecule has 2 atom stereocenters. The Kier molecular flexibility index (Phi) is 7.82. The van der Waals surface area contributed by atoms with Gasteiger partial charge in [0.1, 0.15) is 5.82 Å². The Morgan fingerprint density at radius 1 is 1.14 bits per heavy atom. The van der Waals surface area contributed by atoms with Crippen molar-refractivity contribution in [3.63, 3.8) is 0 Å². The molecule has 5 nitrogen and oxygen atoms in total. The summed E-state index contributed by atoms with van der Waals surface area (Å²) in [6.07, 6.45) is 0. The average molecular weight is 405 g/mol. The van der Waals surface area contributed by atoms with Crippen molar-refractivity contribution in [2.75, 3.05) is 46.4 Å². The first-order valence-corrected chi connectivity index (χ1v) is 10.7. The molecule has 1 aromatic carbocycles. The van der Waals surface area contributed by atoms with Gasteiger partial charge in [0.25, 0.3) is 0 Å². The zero-order valence-electron chi connectivity index (χ0n) is 16.5. The summed E-state index contributed by atoms with van der Waals surface area (Å²) in [7, 11) is 1.78. The highest BCUT2D eigenvalue weighted by molar-refractivity contribution is 7.07. The van der Waals surface area contributed by atoms with Crippen LogP contribution in [-0.4, -0.2) is 57.3 Å². The molecule has 0 amide bonds. The zero-order chi connectivity index (χ0) is 19.8. The number of halogens is 1. The van der Waals surface area contributed by atoms with E-state index in [1.807, 2.05) is 12.1 Å². The first-order valence-electron chi connectivity index (χ1n) is 9.71. The number of morpholine rings is 1. The molecule has 1 fully saturated rings. The smallest absolute Gasteiger partial charge is 0.191 e. The molecule has 0 aliphatic carbocycles. The van der Waals surface area contributed by atoms with Gasteiger partial charge in [0.05, 0.1) is 19.3 Å². The molecule has 2 heterocycles. The van der Waals surface area contributed by atoms with E-state index in [2.05, 4.69) is 44.3 Å². The van der Waals surface area contributed by atoms with Crippen molar-refractivity contribution in [2.24, 2.45) is 4.99 Å². The van der Waals surface area contributed by atoms with Crippen LogP contribution in [-0.2, 0) is 4.74 Å². The van der Waals surface area contributed by atoms with Gasteiger partial charge >= 0.3 is 0 Å². The maximum absolute atomic E-state index is 13.4. The van der Waals surface area contributed by atoms with Crippen LogP contribution in [0.1, 0.15) is 30.0 Å². The van der Waals surface area contributed by atoms with Gasteiger partial charge < -0.3 is 15.4 Å². The third kappa shape index (κ3) is 5.77. The maximum atomic E-state index is 13.4. The fourth-order valence-corrected chi connectivity index (χ4v) is 4.15. The number of ether oxygens (including phenoxy) is 1. The number of nitrogens with one attached hydrogen (secondary N) is 2. The molecule has 28 heavy (non-hydrogen) atoms. The summed E-state index contributed by atoms with van der Waals surface area (Å²) in [5.41, 5.74) is 2.43. The molecular weight excluding hydrogens is 375 g/mol. The maximum Gasteiger partial charge on any atom is 0.191 e. The van der Waals surface area contributed by atoms with Gasteiger partial charge in [-0.25, -0.2) is 4.39 Å². The molecule has 3 rings (SSSR count). The van der Waals surface area contributed by atoms with Gasteiger partial charge in [0, 0.05) is 33.2 Å². The molecule has 152 valence electrons. The lowest BCUT2D eigenvalue weighted by Crippen LogP contribution is -2.46. The van der Waals surface area contributed by atoms with Gasteiger partial charge in [-0.2, -0.15) is 11.3 Å². The lowest BCUT2D eigenvalue weighted by molar-refractivity contribution is 0.0170. The van der Waals surface area contributed by atoms with Crippen molar-refractivity contribution >= 4 is 17.3 Å². The number of hydrogen-bond donors (Lipinski definition) is 2. The number of hydrogen-bond acceptors (Lipinski definition) is 4. The Morgan fingerprint density at radius 3 is 2.50 bits per heavy atom. The van der Waals surface area contributed by atoms with Gasteiger partial charge in [-0.05, 0) is 46.0 Å². The molecule has 0 radical (unpaired) electrons. The van der Waals surface area contributed by atoms with Crippen molar-refractivity contribution in [1.82, 2.24) is 15.5 Å². The van der Waals surface area contributed by atoms with E-state index in [0.29, 0.717) is 12.5 Å². The second kappa shape index (κ2) is 10.5. The number of benzene rings is 1. The van der Waals surface area contributed by atoms with Crippen molar-refractivity contribution in [3.8, 4) is 0 Å². The Hall–Kier alpha value is -1.96. The number of rotatable bonds is 7. The minimum absolute atomic E-state index is 0.136. The molecule has 2 aromatic rings. The second-order valence-corrected chi connectivity index (χ2v) is 7.79. The molecule has 2 N–H and O–H groups in total. The van der Waals surface area contributed by atoms with Gasteiger partial charge in [0.2, 0.25) is 0 Å². The lowest BCUT2D eigenvalue weighted by atomic mass is 10.0. The summed E-state index contributed by atoms with van der Waals surface area (Å²) in [4.78, 5) is 6.74. The van der Waals surface area contributed by atoms with Crippen LogP contribution in [0.2, 0.25) is 0 Å². The third-order valence-electron chi connectivity index (χ3n) is 5.12. The van der Waals surface area contributed by atoms with Gasteiger partial charge in [-0.1, -0.05) is 19.1 Å². The molecule has 7 heteroatoms. The molecular formula is C21H29FN4OS. The number of guanidine groups is 1. The molecule has 1 aliphatic rings. The second-order valence-electron chi connectivity index (χ2n) is 7.01. The van der Waals surface area contributed by atoms with E-state index in [1.165, 1.54) is 17.7 Å². The quantitative estimate of drug-likeness (QED) is 0.550. The number of thiophene rings is 1. The van der Waals surface area contributed by atoms with Crippen LogP contribution in [0, 0.1) is 5.82 Å². The van der Waals surface area contributed by atoms with E-state index in [9.17, 15) is 4.39 Å². The van der Waals surface area contributed by atoms with Crippen molar-refractivity contribution in [1.29, 1.82) is 0 Å². The predicted molar refractivity (Wildman–Crippen MR) is 114 cm³/mol. The first kappa shape index (κ1) is 20.8. The van der Waals surface area contributed by atoms with Crippen LogP contribution >= 0.6 is 11.3 Å². The summed E-state index contributed by atoms with van der Waals surface area (Å²) in [6.45, 7) is 6.90. The molecule has 0 spiro atoms. The fraction of sp³-hybridized carbons (Fsp3) is 0.476. The van der Waals surface area contributed by atoms with Crippen LogP contribution in [0.3, 0.4) is 0 Å². The molecule has 2 unspecified atom stereocenters. The van der Waals surface area contributed by atoms with Crippen LogP contribution in [0.4, 0.5) is 4.39 Å². The number of nitrogens with zero attached hydrogens (tertiary/aromatic N) is 2. The van der Waals surface area contributed by atoms with Crippen LogP contribution in [0.5, 0.6) is 0 Å². The molecule has 0 saturated carbocycles. The van der Waals surface area contributed by atoms with Gasteiger partial charge in [0.15, 0.2) is 5.96 Å². The normalized spacial score (nSPS) is 17.9. The number of aliphatic imine (C=N–C) groups is 1. The summed E-state index contributed by atoms with van der Waals surface area (Å²) >= 11 is 1.72. The van der Waals surface area contributed by atoms with Crippen LogP contribution in [0.25, 0.3) is 0 Å². The van der Waals surface area contributed by atoms with E-state index < -0.39 is 0 Å². The monoisotopic (exact) mass is 404 g/mol. The highest BCUT2D eigenvalue weighted by Crippen LogP contribution is 2.22. The first-order chi connectivity index (χ1) is 13.7. The highest BCUT2D eigenvalue weighted by Gasteiger charge is 2.23. The zero-order valence-corrected chi connectivity index (χ0v) is 17.3. The van der Waals surface area contributed by atoms with E-state index in [4.69, 9.17) is 4.74 Å². The minimum atomic E-state index is -0.211. The van der Waals surface area contributed by atoms with Crippen molar-refractivity contribution in [2.45, 2.75) is 18.9 Å².